The van der Waals surface area contributed by atoms with Crippen molar-refractivity contribution in [1.29, 1.82) is 0 Å². The summed E-state index contributed by atoms with van der Waals surface area (Å²) in [5, 5.41) is 0. The minimum atomic E-state index is 0.341. The molecule has 2 rings (SSSR count). The molecule has 0 bridgehead atoms. The molecule has 0 amide bonds. The first-order chi connectivity index (χ1) is 7.81. The quantitative estimate of drug-likeness (QED) is 0.798. The Balaban J connectivity index is 1.79. The van der Waals surface area contributed by atoms with Crippen LogP contribution in [0.1, 0.15) is 31.7 Å². The molecule has 2 heteroatoms. The van der Waals surface area contributed by atoms with E-state index in [1.54, 1.807) is 0 Å². The van der Waals surface area contributed by atoms with Gasteiger partial charge in [0.2, 0.25) is 0 Å². The van der Waals surface area contributed by atoms with Crippen molar-refractivity contribution in [2.45, 2.75) is 38.6 Å². The third kappa shape index (κ3) is 2.99. The molecule has 0 aliphatic heterocycles. The molecule has 0 spiro atoms. The number of hydrogen-bond donors (Lipinski definition) is 1. The highest BCUT2D eigenvalue weighted by molar-refractivity contribution is 5.33. The maximum absolute atomic E-state index is 6.03. The van der Waals surface area contributed by atoms with E-state index in [-0.39, 0.29) is 0 Å². The second-order valence-electron chi connectivity index (χ2n) is 4.60. The van der Waals surface area contributed by atoms with Crippen LogP contribution in [0.2, 0.25) is 0 Å². The Morgan fingerprint density at radius 1 is 1.38 bits per heavy atom. The molecular formula is C14H21NO. The van der Waals surface area contributed by atoms with Gasteiger partial charge in [0, 0.05) is 6.04 Å². The number of aryl methyl sites for hydroxylation is 1. The summed E-state index contributed by atoms with van der Waals surface area (Å²) >= 11 is 0. The SMILES string of the molecule is CCc1ccccc1OCCC(N)C1CC1. The van der Waals surface area contributed by atoms with Gasteiger partial charge in [-0.2, -0.15) is 0 Å². The first-order valence-electron chi connectivity index (χ1n) is 6.27. The maximum atomic E-state index is 6.03. The average Bonchev–Trinajstić information content (AvgIpc) is 3.13. The van der Waals surface area contributed by atoms with Crippen molar-refractivity contribution < 1.29 is 4.74 Å². The van der Waals surface area contributed by atoms with Gasteiger partial charge in [-0.25, -0.2) is 0 Å². The molecule has 0 saturated heterocycles. The summed E-state index contributed by atoms with van der Waals surface area (Å²) in [6, 6.07) is 8.59. The summed E-state index contributed by atoms with van der Waals surface area (Å²) in [5.41, 5.74) is 7.31. The van der Waals surface area contributed by atoms with E-state index in [4.69, 9.17) is 10.5 Å². The van der Waals surface area contributed by atoms with Crippen molar-refractivity contribution in [1.82, 2.24) is 0 Å². The van der Waals surface area contributed by atoms with E-state index in [9.17, 15) is 0 Å². The van der Waals surface area contributed by atoms with Crippen LogP contribution in [0.15, 0.2) is 24.3 Å². The fourth-order valence-corrected chi connectivity index (χ4v) is 2.00. The Labute approximate surface area is 97.8 Å². The van der Waals surface area contributed by atoms with E-state index in [0.29, 0.717) is 6.04 Å². The van der Waals surface area contributed by atoms with Crippen LogP contribution in [0.25, 0.3) is 0 Å². The lowest BCUT2D eigenvalue weighted by atomic mass is 10.1. The van der Waals surface area contributed by atoms with Crippen LogP contribution < -0.4 is 10.5 Å². The third-order valence-electron chi connectivity index (χ3n) is 3.29. The Bertz CT molecular complexity index is 333. The highest BCUT2D eigenvalue weighted by Crippen LogP contribution is 2.32. The van der Waals surface area contributed by atoms with Gasteiger partial charge >= 0.3 is 0 Å². The van der Waals surface area contributed by atoms with Crippen LogP contribution in [0.5, 0.6) is 5.75 Å². The molecule has 0 heterocycles. The molecule has 0 radical (unpaired) electrons. The fourth-order valence-electron chi connectivity index (χ4n) is 2.00. The second kappa shape index (κ2) is 5.35. The molecular weight excluding hydrogens is 198 g/mol. The van der Waals surface area contributed by atoms with Gasteiger partial charge in [-0.3, -0.25) is 0 Å². The minimum Gasteiger partial charge on any atom is -0.493 e. The Hall–Kier alpha value is -1.02. The molecule has 1 atom stereocenters. The van der Waals surface area contributed by atoms with E-state index in [1.807, 2.05) is 12.1 Å². The van der Waals surface area contributed by atoms with Crippen LogP contribution in [-0.2, 0) is 6.42 Å². The maximum Gasteiger partial charge on any atom is 0.122 e. The van der Waals surface area contributed by atoms with Gasteiger partial charge in [0.25, 0.3) is 0 Å². The molecule has 1 aliphatic carbocycles. The number of hydrogen-bond acceptors (Lipinski definition) is 2. The number of nitrogens with two attached hydrogens (primary N) is 1. The molecule has 1 aliphatic rings. The summed E-state index contributed by atoms with van der Waals surface area (Å²) in [4.78, 5) is 0. The molecule has 1 aromatic carbocycles. The molecule has 1 aromatic rings. The topological polar surface area (TPSA) is 35.2 Å². The van der Waals surface area contributed by atoms with Gasteiger partial charge in [-0.05, 0) is 43.2 Å². The van der Waals surface area contributed by atoms with Crippen molar-refractivity contribution in [3.63, 3.8) is 0 Å². The normalized spacial score (nSPS) is 17.1. The van der Waals surface area contributed by atoms with Gasteiger partial charge in [0.1, 0.15) is 5.75 Å². The van der Waals surface area contributed by atoms with Crippen LogP contribution in [-0.4, -0.2) is 12.6 Å². The van der Waals surface area contributed by atoms with Crippen LogP contribution in [0.3, 0.4) is 0 Å². The van der Waals surface area contributed by atoms with E-state index in [2.05, 4.69) is 19.1 Å². The standard InChI is InChI=1S/C14H21NO/c1-2-11-5-3-4-6-14(11)16-10-9-13(15)12-7-8-12/h3-6,12-13H,2,7-10,15H2,1H3. The van der Waals surface area contributed by atoms with E-state index in [1.165, 1.54) is 18.4 Å². The summed E-state index contributed by atoms with van der Waals surface area (Å²) in [6.07, 6.45) is 4.62. The lowest BCUT2D eigenvalue weighted by molar-refractivity contribution is 0.289. The number of rotatable bonds is 6. The fraction of sp³-hybridized carbons (Fsp3) is 0.571. The Morgan fingerprint density at radius 3 is 2.81 bits per heavy atom. The predicted octanol–water partition coefficient (Wildman–Crippen LogP) is 2.76. The summed E-state index contributed by atoms with van der Waals surface area (Å²) < 4.78 is 5.80. The van der Waals surface area contributed by atoms with Gasteiger partial charge in [-0.15, -0.1) is 0 Å². The minimum absolute atomic E-state index is 0.341. The van der Waals surface area contributed by atoms with E-state index in [0.717, 1.165) is 31.1 Å². The Kier molecular flexibility index (Phi) is 3.83. The molecule has 16 heavy (non-hydrogen) atoms. The van der Waals surface area contributed by atoms with E-state index >= 15 is 0 Å². The summed E-state index contributed by atoms with van der Waals surface area (Å²) in [7, 11) is 0. The number of benzene rings is 1. The largest absolute Gasteiger partial charge is 0.493 e. The molecule has 2 nitrogen and oxygen atoms in total. The highest BCUT2D eigenvalue weighted by Gasteiger charge is 2.27. The second-order valence-corrected chi connectivity index (χ2v) is 4.60. The average molecular weight is 219 g/mol. The van der Waals surface area contributed by atoms with Crippen molar-refractivity contribution in [3.8, 4) is 5.75 Å². The van der Waals surface area contributed by atoms with E-state index < -0.39 is 0 Å². The van der Waals surface area contributed by atoms with Crippen molar-refractivity contribution in [2.75, 3.05) is 6.61 Å². The van der Waals surface area contributed by atoms with Crippen LogP contribution in [0.4, 0.5) is 0 Å². The van der Waals surface area contributed by atoms with Gasteiger partial charge in [0.15, 0.2) is 0 Å². The first-order valence-corrected chi connectivity index (χ1v) is 6.27. The zero-order chi connectivity index (χ0) is 11.4. The number of para-hydroxylation sites is 1. The molecule has 0 aromatic heterocycles. The van der Waals surface area contributed by atoms with Crippen LogP contribution in [0, 0.1) is 5.92 Å². The lowest BCUT2D eigenvalue weighted by Crippen LogP contribution is -2.24. The Morgan fingerprint density at radius 2 is 2.12 bits per heavy atom. The van der Waals surface area contributed by atoms with Crippen molar-refractivity contribution in [3.05, 3.63) is 29.8 Å². The number of ether oxygens (including phenoxy) is 1. The molecule has 2 N–H and O–H groups in total. The smallest absolute Gasteiger partial charge is 0.122 e. The summed E-state index contributed by atoms with van der Waals surface area (Å²) in [5.74, 6) is 1.79. The first kappa shape index (κ1) is 11.5. The third-order valence-corrected chi connectivity index (χ3v) is 3.29. The highest BCUT2D eigenvalue weighted by atomic mass is 16.5. The molecule has 88 valence electrons. The monoisotopic (exact) mass is 219 g/mol. The molecule has 1 fully saturated rings. The lowest BCUT2D eigenvalue weighted by Gasteiger charge is -2.13. The van der Waals surface area contributed by atoms with Gasteiger partial charge in [0.05, 0.1) is 6.61 Å². The van der Waals surface area contributed by atoms with Gasteiger partial charge in [-0.1, -0.05) is 25.1 Å². The summed E-state index contributed by atoms with van der Waals surface area (Å²) in [6.45, 7) is 2.90. The zero-order valence-electron chi connectivity index (χ0n) is 9.99. The predicted molar refractivity (Wildman–Crippen MR) is 66.6 cm³/mol. The molecule has 1 saturated carbocycles. The van der Waals surface area contributed by atoms with Crippen molar-refractivity contribution in [2.24, 2.45) is 11.7 Å². The molecule has 1 unspecified atom stereocenters. The van der Waals surface area contributed by atoms with Crippen molar-refractivity contribution >= 4 is 0 Å². The zero-order valence-corrected chi connectivity index (χ0v) is 9.99. The van der Waals surface area contributed by atoms with Gasteiger partial charge < -0.3 is 10.5 Å². The van der Waals surface area contributed by atoms with Crippen LogP contribution >= 0.6 is 0 Å².